The molecule has 0 unspecified atom stereocenters. The summed E-state index contributed by atoms with van der Waals surface area (Å²) in [5, 5.41) is 3.27. The molecule has 2 rings (SSSR count). The van der Waals surface area contributed by atoms with Gasteiger partial charge in [0.15, 0.2) is 0 Å². The highest BCUT2D eigenvalue weighted by molar-refractivity contribution is 5.01. The summed E-state index contributed by atoms with van der Waals surface area (Å²) in [6.07, 6.45) is 3.20. The van der Waals surface area contributed by atoms with Crippen LogP contribution in [0.3, 0.4) is 0 Å². The molecule has 1 N–H and O–H groups in total. The van der Waals surface area contributed by atoms with Crippen molar-refractivity contribution in [1.82, 2.24) is 5.32 Å². The molecular weight excluding hydrogens is 166 g/mol. The Morgan fingerprint density at radius 2 is 2.62 bits per heavy atom. The maximum absolute atomic E-state index is 5.80. The largest absolute Gasteiger partial charge is 0.467 e. The first kappa shape index (κ1) is 8.78. The molecule has 2 heterocycles. The fourth-order valence-corrected chi connectivity index (χ4v) is 1.62. The Balaban J connectivity index is 1.87. The van der Waals surface area contributed by atoms with E-state index in [9.17, 15) is 0 Å². The second-order valence-corrected chi connectivity index (χ2v) is 3.41. The van der Waals surface area contributed by atoms with Gasteiger partial charge in [0.25, 0.3) is 0 Å². The van der Waals surface area contributed by atoms with Gasteiger partial charge in [-0.2, -0.15) is 0 Å². The molecule has 2 atom stereocenters. The number of rotatable bonds is 3. The van der Waals surface area contributed by atoms with Gasteiger partial charge in [0.2, 0.25) is 0 Å². The van der Waals surface area contributed by atoms with Gasteiger partial charge < -0.3 is 14.5 Å². The van der Waals surface area contributed by atoms with Crippen LogP contribution in [0, 0.1) is 0 Å². The Bertz CT molecular complexity index is 239. The summed E-state index contributed by atoms with van der Waals surface area (Å²) < 4.78 is 11.1. The molecule has 3 nitrogen and oxygen atoms in total. The molecule has 0 saturated carbocycles. The van der Waals surface area contributed by atoms with E-state index in [0.29, 0.717) is 6.10 Å². The summed E-state index contributed by atoms with van der Waals surface area (Å²) in [5.74, 6) is 0.909. The van der Waals surface area contributed by atoms with Gasteiger partial charge in [-0.25, -0.2) is 0 Å². The van der Waals surface area contributed by atoms with E-state index in [2.05, 4.69) is 5.32 Å². The first-order valence-corrected chi connectivity index (χ1v) is 4.76. The van der Waals surface area contributed by atoms with Crippen LogP contribution in [0.4, 0.5) is 0 Å². The highest BCUT2D eigenvalue weighted by atomic mass is 16.5. The Morgan fingerprint density at radius 1 is 1.69 bits per heavy atom. The summed E-state index contributed by atoms with van der Waals surface area (Å²) in [5.41, 5.74) is 0. The summed E-state index contributed by atoms with van der Waals surface area (Å²) in [6.45, 7) is 4.05. The van der Waals surface area contributed by atoms with Gasteiger partial charge in [-0.3, -0.25) is 0 Å². The molecule has 1 fully saturated rings. The summed E-state index contributed by atoms with van der Waals surface area (Å²) >= 11 is 0. The summed E-state index contributed by atoms with van der Waals surface area (Å²) in [7, 11) is 0. The minimum Gasteiger partial charge on any atom is -0.467 e. The average molecular weight is 181 g/mol. The molecule has 0 amide bonds. The van der Waals surface area contributed by atoms with Crippen molar-refractivity contribution in [2.45, 2.75) is 25.6 Å². The second-order valence-electron chi connectivity index (χ2n) is 3.41. The van der Waals surface area contributed by atoms with E-state index in [1.807, 2.05) is 19.1 Å². The van der Waals surface area contributed by atoms with Crippen LogP contribution in [0.1, 0.15) is 25.2 Å². The number of hydrogen-bond acceptors (Lipinski definition) is 3. The first-order chi connectivity index (χ1) is 6.36. The van der Waals surface area contributed by atoms with Gasteiger partial charge in [0.05, 0.1) is 12.4 Å². The van der Waals surface area contributed by atoms with Gasteiger partial charge in [-0.1, -0.05) is 0 Å². The van der Waals surface area contributed by atoms with Crippen LogP contribution in [-0.4, -0.2) is 19.2 Å². The Kier molecular flexibility index (Phi) is 2.66. The van der Waals surface area contributed by atoms with Gasteiger partial charge in [0.1, 0.15) is 11.9 Å². The minimum absolute atomic E-state index is 0.0694. The zero-order chi connectivity index (χ0) is 9.10. The molecule has 1 aromatic rings. The lowest BCUT2D eigenvalue weighted by Crippen LogP contribution is -2.18. The molecule has 13 heavy (non-hydrogen) atoms. The predicted octanol–water partition coefficient (Wildman–Crippen LogP) is 1.72. The highest BCUT2D eigenvalue weighted by Gasteiger charge is 2.19. The maximum Gasteiger partial charge on any atom is 0.132 e. The Labute approximate surface area is 78.1 Å². The van der Waals surface area contributed by atoms with E-state index in [-0.39, 0.29) is 6.10 Å². The van der Waals surface area contributed by atoms with Crippen molar-refractivity contribution in [3.05, 3.63) is 24.2 Å². The molecule has 1 saturated heterocycles. The summed E-state index contributed by atoms with van der Waals surface area (Å²) in [6, 6.07) is 3.84. The second kappa shape index (κ2) is 3.94. The molecule has 0 radical (unpaired) electrons. The smallest absolute Gasteiger partial charge is 0.132 e. The minimum atomic E-state index is 0.0694. The van der Waals surface area contributed by atoms with Crippen molar-refractivity contribution in [2.24, 2.45) is 0 Å². The van der Waals surface area contributed by atoms with Gasteiger partial charge in [-0.15, -0.1) is 0 Å². The molecule has 1 aliphatic rings. The fourth-order valence-electron chi connectivity index (χ4n) is 1.62. The number of furan rings is 1. The third-order valence-corrected chi connectivity index (χ3v) is 2.36. The lowest BCUT2D eigenvalue weighted by atomic mass is 10.2. The molecule has 0 aliphatic carbocycles. The van der Waals surface area contributed by atoms with Gasteiger partial charge >= 0.3 is 0 Å². The lowest BCUT2D eigenvalue weighted by molar-refractivity contribution is -0.00297. The standard InChI is InChI=1S/C10H15NO2/c1-8(10-3-2-6-12-10)13-9-4-5-11-7-9/h2-3,6,8-9,11H,4-5,7H2,1H3/t8-,9-/m0/s1. The highest BCUT2D eigenvalue weighted by Crippen LogP contribution is 2.20. The molecule has 0 aromatic carbocycles. The lowest BCUT2D eigenvalue weighted by Gasteiger charge is -2.15. The van der Waals surface area contributed by atoms with Crippen molar-refractivity contribution < 1.29 is 9.15 Å². The van der Waals surface area contributed by atoms with Gasteiger partial charge in [0, 0.05) is 6.54 Å². The fraction of sp³-hybridized carbons (Fsp3) is 0.600. The molecule has 1 aromatic heterocycles. The van der Waals surface area contributed by atoms with Crippen LogP contribution < -0.4 is 5.32 Å². The number of nitrogens with one attached hydrogen (secondary N) is 1. The first-order valence-electron chi connectivity index (χ1n) is 4.76. The van der Waals surface area contributed by atoms with Crippen LogP contribution in [0.25, 0.3) is 0 Å². The number of hydrogen-bond donors (Lipinski definition) is 1. The van der Waals surface area contributed by atoms with Crippen molar-refractivity contribution in [2.75, 3.05) is 13.1 Å². The maximum atomic E-state index is 5.80. The molecule has 0 spiro atoms. The van der Waals surface area contributed by atoms with Crippen LogP contribution in [0.15, 0.2) is 22.8 Å². The van der Waals surface area contributed by atoms with Crippen LogP contribution in [-0.2, 0) is 4.74 Å². The topological polar surface area (TPSA) is 34.4 Å². The van der Waals surface area contributed by atoms with E-state index >= 15 is 0 Å². The van der Waals surface area contributed by atoms with Crippen molar-refractivity contribution in [1.29, 1.82) is 0 Å². The SMILES string of the molecule is C[C@H](O[C@H]1CCNC1)c1ccco1. The molecule has 0 bridgehead atoms. The van der Waals surface area contributed by atoms with Crippen LogP contribution in [0.2, 0.25) is 0 Å². The van der Waals surface area contributed by atoms with E-state index < -0.39 is 0 Å². The third kappa shape index (κ3) is 2.11. The zero-order valence-corrected chi connectivity index (χ0v) is 7.82. The van der Waals surface area contributed by atoms with Crippen molar-refractivity contribution in [3.8, 4) is 0 Å². The normalized spacial score (nSPS) is 24.8. The quantitative estimate of drug-likeness (QED) is 0.771. The summed E-state index contributed by atoms with van der Waals surface area (Å²) in [4.78, 5) is 0. The zero-order valence-electron chi connectivity index (χ0n) is 7.82. The van der Waals surface area contributed by atoms with E-state index in [1.165, 1.54) is 0 Å². The van der Waals surface area contributed by atoms with E-state index in [0.717, 1.165) is 25.3 Å². The molecule has 1 aliphatic heterocycles. The molecule has 3 heteroatoms. The van der Waals surface area contributed by atoms with Crippen LogP contribution in [0.5, 0.6) is 0 Å². The Morgan fingerprint density at radius 3 is 3.23 bits per heavy atom. The third-order valence-electron chi connectivity index (χ3n) is 2.36. The van der Waals surface area contributed by atoms with E-state index in [4.69, 9.17) is 9.15 Å². The average Bonchev–Trinajstić information content (AvgIpc) is 2.74. The molecular formula is C10H15NO2. The predicted molar refractivity (Wildman–Crippen MR) is 49.5 cm³/mol. The Hall–Kier alpha value is -0.800. The number of ether oxygens (including phenoxy) is 1. The van der Waals surface area contributed by atoms with Crippen molar-refractivity contribution in [3.63, 3.8) is 0 Å². The van der Waals surface area contributed by atoms with Crippen molar-refractivity contribution >= 4 is 0 Å². The van der Waals surface area contributed by atoms with E-state index in [1.54, 1.807) is 6.26 Å². The molecule has 72 valence electrons. The van der Waals surface area contributed by atoms with Gasteiger partial charge in [-0.05, 0) is 32.0 Å². The monoisotopic (exact) mass is 181 g/mol. The van der Waals surface area contributed by atoms with Crippen LogP contribution >= 0.6 is 0 Å².